The molecule has 0 spiro atoms. The van der Waals surface area contributed by atoms with Gasteiger partial charge in [0.05, 0.1) is 11.5 Å². The van der Waals surface area contributed by atoms with E-state index in [1.165, 1.54) is 12.1 Å². The van der Waals surface area contributed by atoms with Gasteiger partial charge in [-0.2, -0.15) is 0 Å². The topological polar surface area (TPSA) is 59.5 Å². The predicted molar refractivity (Wildman–Crippen MR) is 74.7 cm³/mol. The molecule has 0 atom stereocenters. The van der Waals surface area contributed by atoms with Crippen LogP contribution in [0.1, 0.15) is 11.3 Å². The molecule has 5 nitrogen and oxygen atoms in total. The van der Waals surface area contributed by atoms with Gasteiger partial charge in [-0.15, -0.1) is 0 Å². The number of furan rings is 1. The lowest BCUT2D eigenvalue weighted by Gasteiger charge is -2.14. The van der Waals surface area contributed by atoms with Crippen molar-refractivity contribution in [3.63, 3.8) is 0 Å². The highest BCUT2D eigenvalue weighted by Gasteiger charge is 2.07. The van der Waals surface area contributed by atoms with Crippen molar-refractivity contribution >= 4 is 21.6 Å². The van der Waals surface area contributed by atoms with Gasteiger partial charge < -0.3 is 4.42 Å². The number of benzene rings is 1. The van der Waals surface area contributed by atoms with E-state index in [0.717, 1.165) is 11.3 Å². The van der Waals surface area contributed by atoms with Crippen molar-refractivity contribution in [2.45, 2.75) is 13.1 Å². The van der Waals surface area contributed by atoms with Gasteiger partial charge in [0, 0.05) is 18.7 Å². The minimum absolute atomic E-state index is 0.112. The third-order valence-electron chi connectivity index (χ3n) is 2.65. The Labute approximate surface area is 119 Å². The summed E-state index contributed by atoms with van der Waals surface area (Å²) in [5.74, 6) is 0.872. The van der Waals surface area contributed by atoms with E-state index in [1.807, 2.05) is 19.2 Å². The first kappa shape index (κ1) is 13.8. The maximum absolute atomic E-state index is 10.6. The van der Waals surface area contributed by atoms with Crippen LogP contribution in [0.15, 0.2) is 45.5 Å². The minimum Gasteiger partial charge on any atom is -0.453 e. The number of hydrogen-bond donors (Lipinski definition) is 0. The van der Waals surface area contributed by atoms with Crippen molar-refractivity contribution < 1.29 is 9.34 Å². The summed E-state index contributed by atoms with van der Waals surface area (Å²) in [6.07, 6.45) is 0. The molecule has 100 valence electrons. The maximum atomic E-state index is 10.6. The van der Waals surface area contributed by atoms with Crippen LogP contribution in [-0.2, 0) is 13.1 Å². The van der Waals surface area contributed by atoms with Crippen molar-refractivity contribution in [3.05, 3.63) is 62.5 Å². The van der Waals surface area contributed by atoms with Crippen LogP contribution in [-0.4, -0.2) is 16.9 Å². The zero-order chi connectivity index (χ0) is 13.8. The van der Waals surface area contributed by atoms with Crippen LogP contribution in [0.25, 0.3) is 0 Å². The quantitative estimate of drug-likeness (QED) is 0.623. The summed E-state index contributed by atoms with van der Waals surface area (Å²) in [6, 6.07) is 10.4. The van der Waals surface area contributed by atoms with Crippen molar-refractivity contribution in [3.8, 4) is 0 Å². The predicted octanol–water partition coefficient (Wildman–Crippen LogP) is 3.58. The van der Waals surface area contributed by atoms with Crippen molar-refractivity contribution in [2.75, 3.05) is 7.05 Å². The Balaban J connectivity index is 1.94. The van der Waals surface area contributed by atoms with E-state index < -0.39 is 4.92 Å². The van der Waals surface area contributed by atoms with E-state index >= 15 is 0 Å². The Bertz CT molecular complexity index is 566. The molecule has 0 radical (unpaired) electrons. The van der Waals surface area contributed by atoms with Crippen LogP contribution < -0.4 is 0 Å². The fourth-order valence-corrected chi connectivity index (χ4v) is 2.13. The molecule has 0 aliphatic carbocycles. The lowest BCUT2D eigenvalue weighted by Crippen LogP contribution is -2.16. The minimum atomic E-state index is -0.395. The Kier molecular flexibility index (Phi) is 4.34. The number of nitrogens with zero attached hydrogens (tertiary/aromatic N) is 2. The van der Waals surface area contributed by atoms with Gasteiger partial charge in [-0.25, -0.2) is 0 Å². The third-order valence-corrected chi connectivity index (χ3v) is 3.08. The summed E-state index contributed by atoms with van der Waals surface area (Å²) < 4.78 is 6.14. The van der Waals surface area contributed by atoms with Crippen LogP contribution in [0.3, 0.4) is 0 Å². The average Bonchev–Trinajstić information content (AvgIpc) is 2.75. The average molecular weight is 325 g/mol. The molecule has 0 saturated carbocycles. The molecule has 0 saturated heterocycles. The SMILES string of the molecule is CN(Cc1ccc([N+](=O)[O-])cc1)Cc1ccc(Br)o1. The first-order valence-electron chi connectivity index (χ1n) is 5.70. The first-order chi connectivity index (χ1) is 9.04. The van der Waals surface area contributed by atoms with E-state index in [2.05, 4.69) is 20.8 Å². The molecular formula is C13H13BrN2O3. The Hall–Kier alpha value is -1.66. The molecule has 0 amide bonds. The molecule has 0 fully saturated rings. The van der Waals surface area contributed by atoms with Crippen LogP contribution in [0.4, 0.5) is 5.69 Å². The number of halogens is 1. The summed E-state index contributed by atoms with van der Waals surface area (Å²) in [6.45, 7) is 1.39. The van der Waals surface area contributed by atoms with E-state index in [1.54, 1.807) is 12.1 Å². The van der Waals surface area contributed by atoms with Gasteiger partial charge in [0.2, 0.25) is 0 Å². The third kappa shape index (κ3) is 3.90. The smallest absolute Gasteiger partial charge is 0.269 e. The van der Waals surface area contributed by atoms with Gasteiger partial charge in [-0.3, -0.25) is 15.0 Å². The van der Waals surface area contributed by atoms with E-state index in [4.69, 9.17) is 4.42 Å². The highest BCUT2D eigenvalue weighted by atomic mass is 79.9. The number of nitro groups is 1. The highest BCUT2D eigenvalue weighted by molar-refractivity contribution is 9.10. The van der Waals surface area contributed by atoms with Gasteiger partial charge in [0.25, 0.3) is 5.69 Å². The summed E-state index contributed by atoms with van der Waals surface area (Å²) in [4.78, 5) is 12.2. The fraction of sp³-hybridized carbons (Fsp3) is 0.231. The second kappa shape index (κ2) is 5.99. The van der Waals surface area contributed by atoms with Crippen molar-refractivity contribution in [1.82, 2.24) is 4.90 Å². The van der Waals surface area contributed by atoms with Gasteiger partial charge in [0.15, 0.2) is 4.67 Å². The Morgan fingerprint density at radius 3 is 2.42 bits per heavy atom. The van der Waals surface area contributed by atoms with Crippen LogP contribution in [0.2, 0.25) is 0 Å². The summed E-state index contributed by atoms with van der Waals surface area (Å²) in [5.41, 5.74) is 1.14. The van der Waals surface area contributed by atoms with Crippen LogP contribution in [0.5, 0.6) is 0 Å². The fourth-order valence-electron chi connectivity index (χ4n) is 1.79. The summed E-state index contributed by atoms with van der Waals surface area (Å²) >= 11 is 3.26. The van der Waals surface area contributed by atoms with Crippen molar-refractivity contribution in [1.29, 1.82) is 0 Å². The second-order valence-electron chi connectivity index (χ2n) is 4.30. The normalized spacial score (nSPS) is 10.9. The van der Waals surface area contributed by atoms with Gasteiger partial charge in [-0.1, -0.05) is 12.1 Å². The standard InChI is InChI=1S/C13H13BrN2O3/c1-15(9-12-6-7-13(14)19-12)8-10-2-4-11(5-3-10)16(17)18/h2-7H,8-9H2,1H3. The molecule has 0 aliphatic rings. The molecule has 0 bridgehead atoms. The number of rotatable bonds is 5. The molecule has 1 heterocycles. The lowest BCUT2D eigenvalue weighted by atomic mass is 10.2. The van der Waals surface area contributed by atoms with Crippen LogP contribution >= 0.6 is 15.9 Å². The molecule has 0 aliphatic heterocycles. The second-order valence-corrected chi connectivity index (χ2v) is 5.08. The Morgan fingerprint density at radius 2 is 1.89 bits per heavy atom. The molecule has 1 aromatic carbocycles. The van der Waals surface area contributed by atoms with E-state index in [0.29, 0.717) is 17.8 Å². The zero-order valence-electron chi connectivity index (χ0n) is 10.4. The molecule has 6 heteroatoms. The highest BCUT2D eigenvalue weighted by Crippen LogP contribution is 2.17. The van der Waals surface area contributed by atoms with Gasteiger partial charge in [-0.05, 0) is 40.7 Å². The lowest BCUT2D eigenvalue weighted by molar-refractivity contribution is -0.384. The monoisotopic (exact) mass is 324 g/mol. The Morgan fingerprint density at radius 1 is 1.21 bits per heavy atom. The van der Waals surface area contributed by atoms with E-state index in [-0.39, 0.29) is 5.69 Å². The molecule has 19 heavy (non-hydrogen) atoms. The first-order valence-corrected chi connectivity index (χ1v) is 6.50. The molecular weight excluding hydrogens is 312 g/mol. The molecule has 2 rings (SSSR count). The van der Waals surface area contributed by atoms with E-state index in [9.17, 15) is 10.1 Å². The molecule has 0 unspecified atom stereocenters. The number of hydrogen-bond acceptors (Lipinski definition) is 4. The molecule has 2 aromatic rings. The maximum Gasteiger partial charge on any atom is 0.269 e. The van der Waals surface area contributed by atoms with Gasteiger partial charge >= 0.3 is 0 Å². The zero-order valence-corrected chi connectivity index (χ0v) is 12.0. The van der Waals surface area contributed by atoms with Gasteiger partial charge in [0.1, 0.15) is 5.76 Å². The summed E-state index contributed by atoms with van der Waals surface area (Å²) in [5, 5.41) is 10.6. The number of non-ortho nitro benzene ring substituents is 1. The van der Waals surface area contributed by atoms with Crippen molar-refractivity contribution in [2.24, 2.45) is 0 Å². The molecule has 1 aromatic heterocycles. The largest absolute Gasteiger partial charge is 0.453 e. The molecule has 0 N–H and O–H groups in total. The summed E-state index contributed by atoms with van der Waals surface area (Å²) in [7, 11) is 1.97. The number of nitro benzene ring substituents is 1. The van der Waals surface area contributed by atoms with Crippen LogP contribution in [0, 0.1) is 10.1 Å².